The Kier molecular flexibility index (Phi) is 13.1. The lowest BCUT2D eigenvalue weighted by molar-refractivity contribution is -0.0430. The molecule has 0 saturated carbocycles. The van der Waals surface area contributed by atoms with Crippen LogP contribution in [0.1, 0.15) is 6.23 Å². The predicted molar refractivity (Wildman–Crippen MR) is 185 cm³/mol. The molecule has 10 atom stereocenters. The summed E-state index contributed by atoms with van der Waals surface area (Å²) in [5.74, 6) is 0.0892. The molecular weight excluding hydrogens is 748 g/mol. The van der Waals surface area contributed by atoms with Gasteiger partial charge in [-0.3, -0.25) is 9.56 Å². The molecule has 50 heavy (non-hydrogen) atoms. The first kappa shape index (κ1) is 38.3. The van der Waals surface area contributed by atoms with Crippen molar-refractivity contribution in [2.24, 2.45) is 4.99 Å². The van der Waals surface area contributed by atoms with E-state index in [2.05, 4.69) is 65.6 Å². The normalized spacial score (nSPS) is 27.9. The average Bonchev–Trinajstić information content (AvgIpc) is 3.75. The van der Waals surface area contributed by atoms with E-state index in [9.17, 15) is 20.0 Å². The molecule has 2 fully saturated rings. The van der Waals surface area contributed by atoms with Crippen LogP contribution >= 0.6 is 14.3 Å². The topological polar surface area (TPSA) is 250 Å². The number of aliphatic hydroxyl groups excluding tert-OH is 2. The van der Waals surface area contributed by atoms with E-state index in [1.165, 1.54) is 29.2 Å². The molecule has 2 aliphatic heterocycles. The fourth-order valence-electron chi connectivity index (χ4n) is 5.38. The van der Waals surface area contributed by atoms with E-state index in [-0.39, 0.29) is 42.1 Å². The fraction of sp³-hybridized carbons (Fsp3) is 0.520. The van der Waals surface area contributed by atoms with Crippen molar-refractivity contribution < 1.29 is 52.0 Å². The molecule has 5 heterocycles. The number of aliphatic hydroxyl groups is 2. The zero-order chi connectivity index (χ0) is 36.1. The summed E-state index contributed by atoms with van der Waals surface area (Å²) in [6.07, 6.45) is -4.95. The van der Waals surface area contributed by atoms with E-state index < -0.39 is 76.7 Å². The largest absolute Gasteiger partial charge is 0.472 e. The highest BCUT2D eigenvalue weighted by atomic mass is 32.4. The lowest BCUT2D eigenvalue weighted by Gasteiger charge is -2.28. The number of rotatable bonds is 16. The lowest BCUT2D eigenvalue weighted by atomic mass is 10.1. The number of hydrogen-bond acceptors (Lipinski definition) is 18. The van der Waals surface area contributed by atoms with E-state index in [4.69, 9.17) is 29.0 Å². The average molecular weight is 783 g/mol. The minimum atomic E-state index is -2.70. The molecule has 2 aliphatic rings. The fourth-order valence-corrected chi connectivity index (χ4v) is 7.07. The molecule has 0 aliphatic carbocycles. The van der Waals surface area contributed by atoms with Crippen LogP contribution in [0.25, 0.3) is 11.2 Å². The zero-order valence-corrected chi connectivity index (χ0v) is 29.7. The lowest BCUT2D eigenvalue weighted by Crippen LogP contribution is -2.40. The number of halogens is 2. The molecule has 274 valence electrons. The summed E-state index contributed by atoms with van der Waals surface area (Å²) in [5, 5.41) is 22.3. The standard InChI is InChI=1S/C25H34F2N10O9P2S2/c1-29-16-21(36(2)23-13(26)17(45-47(40)49)11(7-38)43-23)34-25(28)35-22(16)42-6-4-3-5-30-19-15-20(32-9-31-19)37(10-33-15)24-14(27)18(46-48(41)50)12(8-39)44-24/h3-4,9-14,17-18,23-24,38-39,47-48H,1,5-8H2,2H3,(H,40,49)(H,41,50)(H2,28,34,35)(H,30,31,32)/b4-3+/t11-,12-,13-,14-,17-,18-,23-,24-/m1/s1. The van der Waals surface area contributed by atoms with E-state index in [0.29, 0.717) is 11.3 Å². The Labute approximate surface area is 294 Å². The molecule has 7 N–H and O–H groups in total. The first-order valence-electron chi connectivity index (χ1n) is 14.6. The van der Waals surface area contributed by atoms with E-state index >= 15 is 8.78 Å². The van der Waals surface area contributed by atoms with Crippen molar-refractivity contribution in [2.45, 2.75) is 49.2 Å². The Hall–Kier alpha value is -2.92. The van der Waals surface area contributed by atoms with Crippen LogP contribution in [0.3, 0.4) is 0 Å². The quantitative estimate of drug-likeness (QED) is 0.0639. The summed E-state index contributed by atoms with van der Waals surface area (Å²) in [6, 6.07) is 0. The van der Waals surface area contributed by atoms with Crippen molar-refractivity contribution in [3.63, 3.8) is 0 Å². The Morgan fingerprint density at radius 1 is 1.08 bits per heavy atom. The number of fused-ring (bicyclic) bond motifs is 1. The summed E-state index contributed by atoms with van der Waals surface area (Å²) < 4.78 is 59.3. The molecule has 3 aromatic heterocycles. The van der Waals surface area contributed by atoms with Crippen molar-refractivity contribution in [1.29, 1.82) is 0 Å². The van der Waals surface area contributed by atoms with Crippen molar-refractivity contribution >= 4 is 79.1 Å². The zero-order valence-electron chi connectivity index (χ0n) is 26.0. The number of hydrogen-bond donors (Lipinski definition) is 6. The Morgan fingerprint density at radius 3 is 2.42 bits per heavy atom. The van der Waals surface area contributed by atoms with E-state index in [1.807, 2.05) is 0 Å². The second-order valence-corrected chi connectivity index (χ2v) is 14.2. The van der Waals surface area contributed by atoms with Crippen LogP contribution in [-0.2, 0) is 42.1 Å². The molecule has 0 amide bonds. The van der Waals surface area contributed by atoms with Crippen molar-refractivity contribution in [2.75, 3.05) is 49.4 Å². The number of aromatic nitrogens is 6. The first-order valence-corrected chi connectivity index (χ1v) is 19.6. The summed E-state index contributed by atoms with van der Waals surface area (Å²) in [4.78, 5) is 45.2. The predicted octanol–water partition coefficient (Wildman–Crippen LogP) is 0.0642. The number of imidazole rings is 1. The third-order valence-corrected chi connectivity index (χ3v) is 9.12. The van der Waals surface area contributed by atoms with Gasteiger partial charge in [0.25, 0.3) is 0 Å². The number of nitrogen functional groups attached to an aromatic ring is 1. The van der Waals surface area contributed by atoms with Crippen LogP contribution in [-0.4, -0.2) is 133 Å². The minimum Gasteiger partial charge on any atom is -0.472 e. The van der Waals surface area contributed by atoms with Gasteiger partial charge in [-0.1, -0.05) is 6.08 Å². The van der Waals surface area contributed by atoms with Crippen LogP contribution in [0.5, 0.6) is 5.88 Å². The molecule has 0 radical (unpaired) electrons. The van der Waals surface area contributed by atoms with Gasteiger partial charge in [0.1, 0.15) is 37.4 Å². The highest BCUT2D eigenvalue weighted by Gasteiger charge is 2.49. The maximum absolute atomic E-state index is 15.4. The van der Waals surface area contributed by atoms with Gasteiger partial charge in [0, 0.05) is 13.6 Å². The van der Waals surface area contributed by atoms with Crippen LogP contribution in [0.2, 0.25) is 0 Å². The van der Waals surface area contributed by atoms with Gasteiger partial charge in [-0.25, -0.2) is 23.7 Å². The van der Waals surface area contributed by atoms with Crippen molar-refractivity contribution in [3.05, 3.63) is 24.8 Å². The van der Waals surface area contributed by atoms with Crippen LogP contribution < -0.4 is 20.7 Å². The van der Waals surface area contributed by atoms with E-state index in [0.717, 1.165) is 0 Å². The molecule has 25 heteroatoms. The number of ether oxygens (including phenoxy) is 3. The number of nitrogens with one attached hydrogen (secondary N) is 1. The van der Waals surface area contributed by atoms with Crippen LogP contribution in [0, 0.1) is 0 Å². The number of aliphatic imine (C=N–C) groups is 1. The van der Waals surface area contributed by atoms with Crippen molar-refractivity contribution in [3.8, 4) is 5.88 Å². The second-order valence-electron chi connectivity index (χ2n) is 10.6. The Morgan fingerprint density at radius 2 is 1.76 bits per heavy atom. The highest BCUT2D eigenvalue weighted by molar-refractivity contribution is 8.00. The summed E-state index contributed by atoms with van der Waals surface area (Å²) in [6.45, 7) is 2.64. The molecular formula is C25H34F2N10O9P2S2. The van der Waals surface area contributed by atoms with Gasteiger partial charge in [0.2, 0.25) is 11.8 Å². The first-order chi connectivity index (χ1) is 24.0. The minimum absolute atomic E-state index is 0.0147. The van der Waals surface area contributed by atoms with Gasteiger partial charge in [0.05, 0.1) is 19.5 Å². The molecule has 0 aromatic carbocycles. The Bertz CT molecular complexity index is 1750. The molecule has 2 unspecified atom stereocenters. The van der Waals surface area contributed by atoms with Gasteiger partial charge in [-0.15, -0.1) is 0 Å². The molecule has 0 spiro atoms. The number of nitrogens with two attached hydrogens (primary N) is 1. The van der Waals surface area contributed by atoms with Gasteiger partial charge in [0.15, 0.2) is 67.6 Å². The summed E-state index contributed by atoms with van der Waals surface area (Å²) in [7, 11) is -3.92. The third kappa shape index (κ3) is 8.24. The molecule has 0 bridgehead atoms. The number of anilines is 3. The number of nitrogens with zero attached hydrogens (tertiary/aromatic N) is 8. The van der Waals surface area contributed by atoms with Gasteiger partial charge < -0.3 is 59.2 Å². The van der Waals surface area contributed by atoms with Gasteiger partial charge in [-0.05, 0) is 36.4 Å². The third-order valence-electron chi connectivity index (χ3n) is 7.60. The maximum atomic E-state index is 15.4. The van der Waals surface area contributed by atoms with Gasteiger partial charge in [-0.2, -0.15) is 9.97 Å². The molecule has 5 rings (SSSR count). The summed E-state index contributed by atoms with van der Waals surface area (Å²) >= 11 is 9.37. The maximum Gasteiger partial charge on any atom is 0.247 e. The Balaban J connectivity index is 1.22. The smallest absolute Gasteiger partial charge is 0.247 e. The molecule has 19 nitrogen and oxygen atoms in total. The number of alkyl halides is 2. The van der Waals surface area contributed by atoms with Crippen LogP contribution in [0.15, 0.2) is 29.8 Å². The van der Waals surface area contributed by atoms with Gasteiger partial charge >= 0.3 is 0 Å². The molecule has 2 saturated heterocycles. The van der Waals surface area contributed by atoms with Crippen molar-refractivity contribution in [1.82, 2.24) is 29.5 Å². The molecule has 3 aromatic rings. The SMILES string of the molecule is C=Nc1c(OC/C=C/CNc2ncnc3c2ncn3[C@@H]2O[C@H](CO)[C@@H](O[PH](O)=S)[C@H]2F)nc(N)nc1N(C)[C@@H]1O[C@H](CO)[C@@H](O[PH](O)=S)[C@H]1F. The van der Waals surface area contributed by atoms with Crippen LogP contribution in [0.4, 0.5) is 32.1 Å². The highest BCUT2D eigenvalue weighted by Crippen LogP contribution is 2.41. The summed E-state index contributed by atoms with van der Waals surface area (Å²) in [5.41, 5.74) is 6.51. The second kappa shape index (κ2) is 17.1. The van der Waals surface area contributed by atoms with E-state index in [1.54, 1.807) is 12.2 Å². The monoisotopic (exact) mass is 782 g/mol.